The topological polar surface area (TPSA) is 29.9 Å². The van der Waals surface area contributed by atoms with Gasteiger partial charge in [-0.1, -0.05) is 6.07 Å². The van der Waals surface area contributed by atoms with Gasteiger partial charge in [-0.15, -0.1) is 0 Å². The molecular formula is C12H13Br2N3. The van der Waals surface area contributed by atoms with Crippen LogP contribution in [0.4, 0.5) is 5.69 Å². The molecule has 0 amide bonds. The zero-order valence-electron chi connectivity index (χ0n) is 9.61. The highest BCUT2D eigenvalue weighted by molar-refractivity contribution is 9.11. The molecule has 0 saturated carbocycles. The molecule has 1 aromatic carbocycles. The van der Waals surface area contributed by atoms with E-state index in [0.29, 0.717) is 0 Å². The number of hydrogen-bond donors (Lipinski definition) is 1. The van der Waals surface area contributed by atoms with E-state index in [1.807, 2.05) is 42.2 Å². The van der Waals surface area contributed by atoms with E-state index in [-0.39, 0.29) is 6.04 Å². The second-order valence-corrected chi connectivity index (χ2v) is 5.57. The predicted octanol–water partition coefficient (Wildman–Crippen LogP) is 4.12. The molecule has 5 heteroatoms. The maximum Gasteiger partial charge on any atom is 0.130 e. The monoisotopic (exact) mass is 357 g/mol. The Labute approximate surface area is 118 Å². The number of para-hydroxylation sites is 1. The molecule has 0 fully saturated rings. The van der Waals surface area contributed by atoms with E-state index < -0.39 is 0 Å². The molecule has 0 aliphatic heterocycles. The van der Waals surface area contributed by atoms with Crippen molar-refractivity contribution >= 4 is 37.5 Å². The Bertz CT molecular complexity index is 502. The molecule has 1 N–H and O–H groups in total. The highest BCUT2D eigenvalue weighted by atomic mass is 79.9. The largest absolute Gasteiger partial charge is 0.374 e. The number of halogens is 2. The smallest absolute Gasteiger partial charge is 0.130 e. The van der Waals surface area contributed by atoms with Crippen molar-refractivity contribution in [1.82, 2.24) is 9.55 Å². The fourth-order valence-electron chi connectivity index (χ4n) is 1.71. The third kappa shape index (κ3) is 2.72. The zero-order valence-corrected chi connectivity index (χ0v) is 12.8. The number of nitrogens with one attached hydrogen (secondary N) is 1. The lowest BCUT2D eigenvalue weighted by molar-refractivity contribution is 0.721. The number of anilines is 1. The fraction of sp³-hybridized carbons (Fsp3) is 0.250. The van der Waals surface area contributed by atoms with E-state index >= 15 is 0 Å². The number of imidazole rings is 1. The molecular weight excluding hydrogens is 346 g/mol. The van der Waals surface area contributed by atoms with Crippen molar-refractivity contribution in [2.24, 2.45) is 7.05 Å². The summed E-state index contributed by atoms with van der Waals surface area (Å²) in [5.41, 5.74) is 1.04. The van der Waals surface area contributed by atoms with Crippen LogP contribution >= 0.6 is 31.9 Å². The van der Waals surface area contributed by atoms with Crippen molar-refractivity contribution in [2.45, 2.75) is 13.0 Å². The summed E-state index contributed by atoms with van der Waals surface area (Å²) < 4.78 is 4.09. The first kappa shape index (κ1) is 12.6. The molecule has 1 aromatic heterocycles. The summed E-state index contributed by atoms with van der Waals surface area (Å²) in [6.07, 6.45) is 3.76. The lowest BCUT2D eigenvalue weighted by Crippen LogP contribution is -2.12. The third-order valence-corrected chi connectivity index (χ3v) is 3.89. The van der Waals surface area contributed by atoms with E-state index in [1.165, 1.54) is 0 Å². The first-order chi connectivity index (χ1) is 8.09. The van der Waals surface area contributed by atoms with Crippen molar-refractivity contribution in [2.75, 3.05) is 5.32 Å². The first-order valence-electron chi connectivity index (χ1n) is 5.27. The van der Waals surface area contributed by atoms with Crippen molar-refractivity contribution < 1.29 is 0 Å². The van der Waals surface area contributed by atoms with Crippen LogP contribution in [0.3, 0.4) is 0 Å². The Morgan fingerprint density at radius 1 is 1.29 bits per heavy atom. The molecule has 1 unspecified atom stereocenters. The maximum atomic E-state index is 4.34. The van der Waals surface area contributed by atoms with Crippen molar-refractivity contribution in [3.8, 4) is 0 Å². The molecule has 17 heavy (non-hydrogen) atoms. The average Bonchev–Trinajstić information content (AvgIpc) is 2.70. The maximum absolute atomic E-state index is 4.34. The molecule has 0 saturated heterocycles. The summed E-state index contributed by atoms with van der Waals surface area (Å²) in [6.45, 7) is 2.09. The van der Waals surface area contributed by atoms with E-state index in [2.05, 4.69) is 49.1 Å². The molecule has 90 valence electrons. The normalized spacial score (nSPS) is 12.5. The summed E-state index contributed by atoms with van der Waals surface area (Å²) >= 11 is 7.08. The summed E-state index contributed by atoms with van der Waals surface area (Å²) in [7, 11) is 2.00. The van der Waals surface area contributed by atoms with Gasteiger partial charge in [0.05, 0.1) is 11.7 Å². The van der Waals surface area contributed by atoms with Crippen LogP contribution in [0.5, 0.6) is 0 Å². The zero-order chi connectivity index (χ0) is 12.4. The van der Waals surface area contributed by atoms with E-state index in [9.17, 15) is 0 Å². The van der Waals surface area contributed by atoms with Gasteiger partial charge in [0.2, 0.25) is 0 Å². The van der Waals surface area contributed by atoms with Gasteiger partial charge in [-0.05, 0) is 50.9 Å². The van der Waals surface area contributed by atoms with Gasteiger partial charge in [-0.2, -0.15) is 0 Å². The lowest BCUT2D eigenvalue weighted by atomic mass is 10.2. The molecule has 1 atom stereocenters. The standard InChI is InChI=1S/C12H13Br2N3/c1-8(12-15-6-7-17(12)2)16-11-9(13)4-3-5-10(11)14/h3-8,16H,1-2H3. The van der Waals surface area contributed by atoms with Crippen LogP contribution in [0, 0.1) is 0 Å². The minimum Gasteiger partial charge on any atom is -0.374 e. The Hall–Kier alpha value is -0.810. The summed E-state index contributed by atoms with van der Waals surface area (Å²) in [5.74, 6) is 1.01. The van der Waals surface area contributed by atoms with Crippen LogP contribution in [0.15, 0.2) is 39.5 Å². The van der Waals surface area contributed by atoms with Crippen LogP contribution in [-0.4, -0.2) is 9.55 Å². The Balaban J connectivity index is 2.25. The molecule has 0 spiro atoms. The number of aryl methyl sites for hydroxylation is 1. The molecule has 0 radical (unpaired) electrons. The van der Waals surface area contributed by atoms with Gasteiger partial charge in [-0.25, -0.2) is 4.98 Å². The van der Waals surface area contributed by atoms with Gasteiger partial charge in [-0.3, -0.25) is 0 Å². The van der Waals surface area contributed by atoms with Gasteiger partial charge in [0.15, 0.2) is 0 Å². The Morgan fingerprint density at radius 2 is 1.94 bits per heavy atom. The van der Waals surface area contributed by atoms with Gasteiger partial charge in [0.25, 0.3) is 0 Å². The number of rotatable bonds is 3. The first-order valence-corrected chi connectivity index (χ1v) is 6.86. The van der Waals surface area contributed by atoms with Gasteiger partial charge in [0, 0.05) is 28.4 Å². The minimum absolute atomic E-state index is 0.144. The summed E-state index contributed by atoms with van der Waals surface area (Å²) in [5, 5.41) is 3.44. The van der Waals surface area contributed by atoms with Crippen LogP contribution in [0.1, 0.15) is 18.8 Å². The summed E-state index contributed by atoms with van der Waals surface area (Å²) in [6, 6.07) is 6.16. The number of aromatic nitrogens is 2. The van der Waals surface area contributed by atoms with Crippen LogP contribution in [0.2, 0.25) is 0 Å². The SMILES string of the molecule is CC(Nc1c(Br)cccc1Br)c1nccn1C. The average molecular weight is 359 g/mol. The Kier molecular flexibility index (Phi) is 3.89. The van der Waals surface area contributed by atoms with Crippen molar-refractivity contribution in [3.05, 3.63) is 45.4 Å². The Morgan fingerprint density at radius 3 is 2.47 bits per heavy atom. The van der Waals surface area contributed by atoms with E-state index in [4.69, 9.17) is 0 Å². The van der Waals surface area contributed by atoms with Gasteiger partial charge >= 0.3 is 0 Å². The quantitative estimate of drug-likeness (QED) is 0.894. The van der Waals surface area contributed by atoms with Crippen LogP contribution in [0.25, 0.3) is 0 Å². The highest BCUT2D eigenvalue weighted by Crippen LogP contribution is 2.32. The van der Waals surface area contributed by atoms with Gasteiger partial charge < -0.3 is 9.88 Å². The summed E-state index contributed by atoms with van der Waals surface area (Å²) in [4.78, 5) is 4.34. The van der Waals surface area contributed by atoms with E-state index in [1.54, 1.807) is 0 Å². The van der Waals surface area contributed by atoms with Crippen LogP contribution in [-0.2, 0) is 7.05 Å². The van der Waals surface area contributed by atoms with E-state index in [0.717, 1.165) is 20.5 Å². The molecule has 0 aliphatic rings. The number of hydrogen-bond acceptors (Lipinski definition) is 2. The minimum atomic E-state index is 0.144. The van der Waals surface area contributed by atoms with Gasteiger partial charge in [0.1, 0.15) is 5.82 Å². The lowest BCUT2D eigenvalue weighted by Gasteiger charge is -2.17. The number of benzene rings is 1. The number of nitrogens with zero attached hydrogens (tertiary/aromatic N) is 2. The van der Waals surface area contributed by atoms with Crippen LogP contribution < -0.4 is 5.32 Å². The molecule has 3 nitrogen and oxygen atoms in total. The second kappa shape index (κ2) is 5.23. The third-order valence-electron chi connectivity index (χ3n) is 2.57. The molecule has 0 bridgehead atoms. The molecule has 2 aromatic rings. The molecule has 1 heterocycles. The predicted molar refractivity (Wildman–Crippen MR) is 77.1 cm³/mol. The van der Waals surface area contributed by atoms with Crippen molar-refractivity contribution in [3.63, 3.8) is 0 Å². The fourth-order valence-corrected chi connectivity index (χ4v) is 2.94. The second-order valence-electron chi connectivity index (χ2n) is 3.86. The van der Waals surface area contributed by atoms with Crippen molar-refractivity contribution in [1.29, 1.82) is 0 Å². The molecule has 2 rings (SSSR count). The highest BCUT2D eigenvalue weighted by Gasteiger charge is 2.13. The molecule has 0 aliphatic carbocycles.